The number of nitrogens with zero attached hydrogens (tertiary/aromatic N) is 3. The van der Waals surface area contributed by atoms with Crippen molar-refractivity contribution in [3.8, 4) is 0 Å². The van der Waals surface area contributed by atoms with E-state index in [0.717, 1.165) is 0 Å². The topological polar surface area (TPSA) is 502 Å². The Kier molecular flexibility index (Phi) is 33.1. The molecule has 32 heteroatoms. The van der Waals surface area contributed by atoms with Crippen LogP contribution in [-0.2, 0) is 75.2 Å². The van der Waals surface area contributed by atoms with Gasteiger partial charge in [0, 0.05) is 51.9 Å². The summed E-state index contributed by atoms with van der Waals surface area (Å²) in [6.45, 7) is 4.67. The lowest BCUT2D eigenvalue weighted by Crippen LogP contribution is -2.61. The highest BCUT2D eigenvalue weighted by Crippen LogP contribution is 2.25. The van der Waals surface area contributed by atoms with E-state index in [1.807, 2.05) is 13.8 Å². The second-order valence-electron chi connectivity index (χ2n) is 25.5. The number of aliphatic carboxylic acids is 1. The Labute approximate surface area is 575 Å². The van der Waals surface area contributed by atoms with E-state index in [1.165, 1.54) is 26.5 Å². The SMILES string of the molecule is CSCC[C@H](NC(=O)[C@H](CC(C)C)NC(=O)[C@@H]1CCCN1C(=O)[C@H](Cc1ccccc1)NC(=O)[C@H](Cc1ccccc1)NC(=O)[C@H](CCC(N)=O)NC(=O)[C@H](CCC(N)=O)NC(=O)[C@@H]1CCCN1C(=O)[C@H](CCCCN)NC(=O)[C@@H]1CCCN1C(=O)[C@@H](N)CCCNC(=N)N)C(=O)O. The number of nitrogens with one attached hydrogen (secondary N) is 9. The van der Waals surface area contributed by atoms with E-state index in [2.05, 4.69) is 42.5 Å². The Morgan fingerprint density at radius 2 is 0.939 bits per heavy atom. The van der Waals surface area contributed by atoms with Gasteiger partial charge in [0.1, 0.15) is 60.4 Å². The number of hydrogen-bond acceptors (Lipinski definition) is 17. The monoisotopic (exact) mass is 1390 g/mol. The fourth-order valence-electron chi connectivity index (χ4n) is 12.2. The number of hydrogen-bond donors (Lipinski definition) is 15. The van der Waals surface area contributed by atoms with Crippen LogP contribution in [0.25, 0.3) is 0 Å². The molecule has 5 rings (SSSR count). The van der Waals surface area contributed by atoms with Crippen molar-refractivity contribution in [1.82, 2.24) is 57.2 Å². The van der Waals surface area contributed by atoms with Crippen molar-refractivity contribution in [2.45, 2.75) is 202 Å². The predicted octanol–water partition coefficient (Wildman–Crippen LogP) is -2.03. The number of likely N-dealkylation sites (tertiary alicyclic amines) is 3. The molecule has 20 N–H and O–H groups in total. The lowest BCUT2D eigenvalue weighted by molar-refractivity contribution is -0.144. The average molecular weight is 1390 g/mol. The molecule has 0 saturated carbocycles. The molecule has 0 radical (unpaired) electrons. The third-order valence-corrected chi connectivity index (χ3v) is 18.0. The Hall–Kier alpha value is -8.91. The summed E-state index contributed by atoms with van der Waals surface area (Å²) in [7, 11) is 0. The second kappa shape index (κ2) is 40.7. The molecule has 98 heavy (non-hydrogen) atoms. The number of amides is 12. The van der Waals surface area contributed by atoms with E-state index in [0.29, 0.717) is 68.4 Å². The Morgan fingerprint density at radius 3 is 1.41 bits per heavy atom. The van der Waals surface area contributed by atoms with E-state index < -0.39 is 169 Å². The maximum absolute atomic E-state index is 15.0. The van der Waals surface area contributed by atoms with Crippen LogP contribution in [-0.4, -0.2) is 214 Å². The largest absolute Gasteiger partial charge is 0.480 e. The summed E-state index contributed by atoms with van der Waals surface area (Å²) in [5.41, 5.74) is 29.7. The number of guanidine groups is 1. The van der Waals surface area contributed by atoms with Crippen LogP contribution in [0.1, 0.15) is 134 Å². The van der Waals surface area contributed by atoms with Gasteiger partial charge in [0.05, 0.1) is 6.04 Å². The Morgan fingerprint density at radius 1 is 0.520 bits per heavy atom. The fraction of sp³-hybridized carbons (Fsp3) is 0.606. The van der Waals surface area contributed by atoms with Crippen molar-refractivity contribution >= 4 is 94.6 Å². The van der Waals surface area contributed by atoms with Crippen LogP contribution < -0.4 is 71.2 Å². The number of nitrogens with two attached hydrogens (primary N) is 5. The molecule has 3 fully saturated rings. The van der Waals surface area contributed by atoms with Crippen LogP contribution in [0.15, 0.2) is 60.7 Å². The fourth-order valence-corrected chi connectivity index (χ4v) is 12.7. The number of carbonyl (C=O) groups excluding carboxylic acids is 12. The first-order valence-corrected chi connectivity index (χ1v) is 35.1. The van der Waals surface area contributed by atoms with Crippen LogP contribution in [0, 0.1) is 11.3 Å². The van der Waals surface area contributed by atoms with Crippen LogP contribution in [0.5, 0.6) is 0 Å². The molecule has 0 bridgehead atoms. The number of primary amides is 2. The van der Waals surface area contributed by atoms with E-state index in [4.69, 9.17) is 34.1 Å². The highest BCUT2D eigenvalue weighted by Gasteiger charge is 2.44. The molecule has 31 nitrogen and oxygen atoms in total. The van der Waals surface area contributed by atoms with Gasteiger partial charge in [-0.1, -0.05) is 74.5 Å². The van der Waals surface area contributed by atoms with Gasteiger partial charge in [-0.05, 0) is 132 Å². The summed E-state index contributed by atoms with van der Waals surface area (Å²) in [4.78, 5) is 185. The molecule has 540 valence electrons. The van der Waals surface area contributed by atoms with Crippen molar-refractivity contribution in [3.05, 3.63) is 71.8 Å². The Bertz CT molecular complexity index is 3080. The average Bonchev–Trinajstić information content (AvgIpc) is 1.60. The molecule has 2 aromatic rings. The summed E-state index contributed by atoms with van der Waals surface area (Å²) in [5.74, 6) is -10.3. The number of carbonyl (C=O) groups is 13. The molecule has 2 aromatic carbocycles. The quantitative estimate of drug-likeness (QED) is 0.0194. The first kappa shape index (κ1) is 79.8. The van der Waals surface area contributed by atoms with Crippen LogP contribution in [0.2, 0.25) is 0 Å². The molecule has 11 atom stereocenters. The molecule has 0 unspecified atom stereocenters. The van der Waals surface area contributed by atoms with Crippen LogP contribution in [0.4, 0.5) is 0 Å². The number of carboxylic acid groups (broad SMARTS) is 1. The molecule has 0 spiro atoms. The second-order valence-corrected chi connectivity index (χ2v) is 26.5. The predicted molar refractivity (Wildman–Crippen MR) is 365 cm³/mol. The zero-order valence-corrected chi connectivity index (χ0v) is 57.1. The molecule has 3 heterocycles. The Balaban J connectivity index is 1.37. The van der Waals surface area contributed by atoms with Crippen LogP contribution >= 0.6 is 11.8 Å². The summed E-state index contributed by atoms with van der Waals surface area (Å²) in [6.07, 6.45) is 3.55. The summed E-state index contributed by atoms with van der Waals surface area (Å²) in [6, 6.07) is 3.34. The van der Waals surface area contributed by atoms with Crippen molar-refractivity contribution < 1.29 is 67.4 Å². The molecule has 3 aliphatic heterocycles. The van der Waals surface area contributed by atoms with Gasteiger partial charge < -0.3 is 91.0 Å². The van der Waals surface area contributed by atoms with Gasteiger partial charge in [-0.3, -0.25) is 62.9 Å². The van der Waals surface area contributed by atoms with Gasteiger partial charge in [0.15, 0.2) is 5.96 Å². The highest BCUT2D eigenvalue weighted by atomic mass is 32.2. The molecule has 0 aromatic heterocycles. The lowest BCUT2D eigenvalue weighted by atomic mass is 10.0. The van der Waals surface area contributed by atoms with E-state index in [9.17, 15) is 62.6 Å². The van der Waals surface area contributed by atoms with Gasteiger partial charge in [-0.2, -0.15) is 11.8 Å². The molecular weight excluding hydrogens is 1290 g/mol. The van der Waals surface area contributed by atoms with Crippen molar-refractivity contribution in [2.24, 2.45) is 34.6 Å². The minimum absolute atomic E-state index is 0.0715. The molecule has 12 amide bonds. The first-order valence-electron chi connectivity index (χ1n) is 33.7. The normalized spacial score (nSPS) is 18.3. The van der Waals surface area contributed by atoms with Gasteiger partial charge in [0.25, 0.3) is 0 Å². The third kappa shape index (κ3) is 25.5. The number of unbranched alkanes of at least 4 members (excludes halogenated alkanes) is 1. The number of rotatable bonds is 41. The van der Waals surface area contributed by atoms with Gasteiger partial charge in [-0.25, -0.2) is 4.79 Å². The van der Waals surface area contributed by atoms with E-state index >= 15 is 4.79 Å². The molecular formula is C66H101N17O14S. The minimum Gasteiger partial charge on any atom is -0.480 e. The van der Waals surface area contributed by atoms with Gasteiger partial charge in [-0.15, -0.1) is 0 Å². The third-order valence-electron chi connectivity index (χ3n) is 17.4. The summed E-state index contributed by atoms with van der Waals surface area (Å²) in [5, 5.41) is 38.7. The summed E-state index contributed by atoms with van der Waals surface area (Å²) >= 11 is 1.41. The molecule has 0 aliphatic carbocycles. The zero-order valence-electron chi connectivity index (χ0n) is 56.3. The highest BCUT2D eigenvalue weighted by molar-refractivity contribution is 7.98. The first-order chi connectivity index (χ1) is 46.7. The maximum atomic E-state index is 15.0. The number of benzene rings is 2. The number of thioether (sulfide) groups is 1. The van der Waals surface area contributed by atoms with E-state index in [-0.39, 0.29) is 89.4 Å². The minimum atomic E-state index is -1.65. The van der Waals surface area contributed by atoms with Gasteiger partial charge in [0.2, 0.25) is 70.9 Å². The van der Waals surface area contributed by atoms with Crippen LogP contribution in [0.3, 0.4) is 0 Å². The zero-order chi connectivity index (χ0) is 72.0. The lowest BCUT2D eigenvalue weighted by Gasteiger charge is -2.32. The number of carboxylic acids is 1. The van der Waals surface area contributed by atoms with Crippen molar-refractivity contribution in [2.75, 3.05) is 44.7 Å². The standard InChI is InChI=1S/C66H101N17O14S/c1-39(2)36-47(57(88)77-46(65(96)97)29-35-98-3)79-61(92)52-24-15-34-83(52)64(95)49(38-41-18-8-5-9-19-41)80-58(89)48(37-40-16-6-4-7-17-40)78-56(87)43(25-27-53(69)84)74-55(86)44(26-28-54(70)85)75-59(90)51-23-14-33-82(51)63(94)45(21-10-11-30-67)76-60(91)50-22-13-32-81(50)62(93)42(68)20-12-31-73-66(71)72/h4-9,16-19,39,42-52H,10-15,20-38,67-68H2,1-3H3,(H2,69,84)(H2,70,85)(H,74,86)(H,75,90)(H,76,91)(H,77,88)(H,78,87)(H,79,92)(H,80,89)(H,96,97)(H4,71,72,73)/t42-,43-,44-,45-,46-,47-,48-,49-,50-,51-,52-/m0/s1. The molecule has 3 saturated heterocycles. The summed E-state index contributed by atoms with van der Waals surface area (Å²) < 4.78 is 0. The van der Waals surface area contributed by atoms with Gasteiger partial charge >= 0.3 is 5.97 Å². The van der Waals surface area contributed by atoms with Crippen molar-refractivity contribution in [3.63, 3.8) is 0 Å². The smallest absolute Gasteiger partial charge is 0.326 e. The van der Waals surface area contributed by atoms with Crippen molar-refractivity contribution in [1.29, 1.82) is 5.41 Å². The molecule has 3 aliphatic rings. The maximum Gasteiger partial charge on any atom is 0.326 e. The van der Waals surface area contributed by atoms with E-state index in [1.54, 1.807) is 66.9 Å².